The molecule has 0 nitrogen and oxygen atoms in total. The van der Waals surface area contributed by atoms with E-state index in [4.69, 9.17) is 0 Å². The zero-order valence-corrected chi connectivity index (χ0v) is 10.5. The van der Waals surface area contributed by atoms with Gasteiger partial charge in [-0.25, -0.2) is 0 Å². The number of rotatable bonds is 0. The number of hydrogen-bond acceptors (Lipinski definition) is 2. The van der Waals surface area contributed by atoms with Crippen LogP contribution in [0.25, 0.3) is 0 Å². The molecule has 0 fully saturated rings. The summed E-state index contributed by atoms with van der Waals surface area (Å²) in [6.45, 7) is 0. The van der Waals surface area contributed by atoms with Crippen molar-refractivity contribution in [2.24, 2.45) is 0 Å². The molecule has 0 amide bonds. The van der Waals surface area contributed by atoms with E-state index < -0.39 is 0 Å². The first-order valence-corrected chi connectivity index (χ1v) is 5.59. The van der Waals surface area contributed by atoms with Gasteiger partial charge in [0.15, 0.2) is 0 Å². The lowest BCUT2D eigenvalue weighted by Gasteiger charge is -1.82. The minimum absolute atomic E-state index is 0.980. The summed E-state index contributed by atoms with van der Waals surface area (Å²) in [5.41, 5.74) is 0. The van der Waals surface area contributed by atoms with Gasteiger partial charge in [-0.05, 0) is 47.8 Å². The fourth-order valence-electron chi connectivity index (χ4n) is 0.355. The van der Waals surface area contributed by atoms with Gasteiger partial charge in [0, 0.05) is 0 Å². The Morgan fingerprint density at radius 1 is 1.11 bits per heavy atom. The van der Waals surface area contributed by atoms with E-state index >= 15 is 0 Å². The van der Waals surface area contributed by atoms with Gasteiger partial charge in [0.25, 0.3) is 0 Å². The Balaban J connectivity index is 3.29. The highest BCUT2D eigenvalue weighted by Crippen LogP contribution is 2.42. The van der Waals surface area contributed by atoms with E-state index in [1.165, 1.54) is 0 Å². The molecular weight excluding hydrogens is 352 g/mol. The zero-order chi connectivity index (χ0) is 7.02. The Bertz CT molecular complexity index is 207. The molecule has 0 radical (unpaired) electrons. The molecule has 1 rings (SSSR count). The Morgan fingerprint density at radius 3 is 1.78 bits per heavy atom. The van der Waals surface area contributed by atoms with Crippen molar-refractivity contribution in [2.45, 2.75) is 4.21 Å². The van der Waals surface area contributed by atoms with Crippen LogP contribution < -0.4 is 0 Å². The van der Waals surface area contributed by atoms with Crippen LogP contribution in [0, 0.1) is 0 Å². The minimum Gasteiger partial charge on any atom is -0.132 e. The molecule has 0 bridgehead atoms. The second-order valence-electron chi connectivity index (χ2n) is 1.31. The van der Waals surface area contributed by atoms with Crippen LogP contribution in [0.15, 0.2) is 16.9 Å². The van der Waals surface area contributed by atoms with Gasteiger partial charge in [-0.1, -0.05) is 0 Å². The predicted molar refractivity (Wildman–Crippen MR) is 54.7 cm³/mol. The third-order valence-electron chi connectivity index (χ3n) is 0.739. The third kappa shape index (κ3) is 1.74. The molecule has 0 N–H and O–H groups in total. The smallest absolute Gasteiger partial charge is 0.0864 e. The quantitative estimate of drug-likeness (QED) is 0.660. The fraction of sp³-hybridized carbons (Fsp3) is 0. The summed E-state index contributed by atoms with van der Waals surface area (Å²) in [6.07, 6.45) is 0. The molecular formula is C4HBr3S2. The predicted octanol–water partition coefficient (Wildman–Crippen LogP) is 4.32. The largest absolute Gasteiger partial charge is 0.132 e. The maximum Gasteiger partial charge on any atom is 0.0864 e. The summed E-state index contributed by atoms with van der Waals surface area (Å²) in [7, 11) is 0. The Morgan fingerprint density at radius 2 is 1.67 bits per heavy atom. The summed E-state index contributed by atoms with van der Waals surface area (Å²) in [5, 5.41) is 0. The highest BCUT2D eigenvalue weighted by molar-refractivity contribution is 9.14. The van der Waals surface area contributed by atoms with E-state index in [1.807, 2.05) is 0 Å². The molecule has 1 aromatic heterocycles. The Labute approximate surface area is 87.8 Å². The molecule has 0 aliphatic heterocycles. The Kier molecular flexibility index (Phi) is 3.11. The first-order valence-electron chi connectivity index (χ1n) is 1.95. The molecule has 1 aromatic rings. The molecule has 0 aliphatic rings. The number of halogens is 3. The van der Waals surface area contributed by atoms with Gasteiger partial charge in [0.2, 0.25) is 0 Å². The lowest BCUT2D eigenvalue weighted by molar-refractivity contribution is 1.60. The normalized spacial score (nSPS) is 10.2. The molecule has 5 heteroatoms. The van der Waals surface area contributed by atoms with Crippen molar-refractivity contribution in [1.29, 1.82) is 0 Å². The fourth-order valence-corrected chi connectivity index (χ4v) is 3.92. The van der Waals surface area contributed by atoms with Crippen LogP contribution in [0.3, 0.4) is 0 Å². The highest BCUT2D eigenvalue weighted by atomic mass is 79.9. The molecule has 0 aliphatic carbocycles. The van der Waals surface area contributed by atoms with Crippen molar-refractivity contribution in [1.82, 2.24) is 0 Å². The van der Waals surface area contributed by atoms with Gasteiger partial charge >= 0.3 is 0 Å². The maximum atomic E-state index is 4.20. The van der Waals surface area contributed by atoms with Gasteiger partial charge in [-0.2, -0.15) is 0 Å². The minimum atomic E-state index is 0.980. The zero-order valence-electron chi connectivity index (χ0n) is 3.99. The van der Waals surface area contributed by atoms with E-state index in [0.29, 0.717) is 0 Å². The van der Waals surface area contributed by atoms with Crippen LogP contribution in [-0.2, 0) is 0 Å². The number of thiol groups is 1. The molecule has 0 spiro atoms. The van der Waals surface area contributed by atoms with Gasteiger partial charge in [0.1, 0.15) is 0 Å². The van der Waals surface area contributed by atoms with Crippen molar-refractivity contribution in [3.05, 3.63) is 12.7 Å². The first kappa shape index (κ1) is 8.59. The van der Waals surface area contributed by atoms with Gasteiger partial charge in [0.05, 0.1) is 16.9 Å². The van der Waals surface area contributed by atoms with Crippen molar-refractivity contribution in [2.75, 3.05) is 0 Å². The third-order valence-corrected chi connectivity index (χ3v) is 6.38. The van der Waals surface area contributed by atoms with Crippen molar-refractivity contribution >= 4 is 71.8 Å². The highest BCUT2D eigenvalue weighted by Gasteiger charge is 2.08. The van der Waals surface area contributed by atoms with Crippen LogP contribution >= 0.6 is 71.8 Å². The topological polar surface area (TPSA) is 0 Å². The average Bonchev–Trinajstić information content (AvgIpc) is 1.98. The van der Waals surface area contributed by atoms with E-state index in [9.17, 15) is 0 Å². The molecule has 0 saturated heterocycles. The SMILES string of the molecule is Sc1sc(Br)c(Br)c1Br. The maximum absolute atomic E-state index is 4.20. The monoisotopic (exact) mass is 350 g/mol. The summed E-state index contributed by atoms with van der Waals surface area (Å²) < 4.78 is 4.10. The first-order chi connectivity index (χ1) is 4.13. The summed E-state index contributed by atoms with van der Waals surface area (Å²) in [5.74, 6) is 0. The molecule has 0 saturated carbocycles. The molecule has 0 unspecified atom stereocenters. The van der Waals surface area contributed by atoms with E-state index in [2.05, 4.69) is 60.4 Å². The van der Waals surface area contributed by atoms with Gasteiger partial charge in [-0.15, -0.1) is 24.0 Å². The van der Waals surface area contributed by atoms with Crippen LogP contribution in [0.2, 0.25) is 0 Å². The standard InChI is InChI=1S/C4HBr3S2/c5-1-2(6)4(8)9-3(1)7/h8H. The molecule has 9 heavy (non-hydrogen) atoms. The number of hydrogen-bond donors (Lipinski definition) is 1. The lowest BCUT2D eigenvalue weighted by Crippen LogP contribution is -1.55. The molecule has 0 atom stereocenters. The van der Waals surface area contributed by atoms with Crippen LogP contribution in [0.4, 0.5) is 0 Å². The summed E-state index contributed by atoms with van der Waals surface area (Å²) in [4.78, 5) is 0. The second kappa shape index (κ2) is 3.26. The van der Waals surface area contributed by atoms with Crippen LogP contribution in [0.5, 0.6) is 0 Å². The van der Waals surface area contributed by atoms with E-state index in [1.54, 1.807) is 11.3 Å². The molecule has 1 heterocycles. The van der Waals surface area contributed by atoms with Crippen LogP contribution in [-0.4, -0.2) is 0 Å². The molecule has 50 valence electrons. The van der Waals surface area contributed by atoms with Gasteiger partial charge < -0.3 is 0 Å². The summed E-state index contributed by atoms with van der Waals surface area (Å²) in [6, 6.07) is 0. The van der Waals surface area contributed by atoms with Crippen LogP contribution in [0.1, 0.15) is 0 Å². The van der Waals surface area contributed by atoms with Gasteiger partial charge in [-0.3, -0.25) is 0 Å². The van der Waals surface area contributed by atoms with E-state index in [0.717, 1.165) is 16.9 Å². The molecule has 0 aromatic carbocycles. The second-order valence-corrected chi connectivity index (χ2v) is 5.98. The lowest BCUT2D eigenvalue weighted by atomic mass is 10.7. The van der Waals surface area contributed by atoms with Crippen molar-refractivity contribution < 1.29 is 0 Å². The van der Waals surface area contributed by atoms with Crippen molar-refractivity contribution in [3.63, 3.8) is 0 Å². The Hall–Kier alpha value is 1.49. The number of thiophene rings is 1. The van der Waals surface area contributed by atoms with E-state index in [-0.39, 0.29) is 0 Å². The average molecular weight is 353 g/mol. The summed E-state index contributed by atoms with van der Waals surface area (Å²) >= 11 is 15.9. The van der Waals surface area contributed by atoms with Crippen molar-refractivity contribution in [3.8, 4) is 0 Å².